The van der Waals surface area contributed by atoms with Gasteiger partial charge in [0, 0.05) is 24.2 Å². The van der Waals surface area contributed by atoms with Crippen LogP contribution >= 0.6 is 23.7 Å². The van der Waals surface area contributed by atoms with Gasteiger partial charge in [-0.05, 0) is 63.5 Å². The van der Waals surface area contributed by atoms with Crippen molar-refractivity contribution in [3.63, 3.8) is 0 Å². The molecular weight excluding hydrogens is 498 g/mol. The number of amides is 1. The first-order chi connectivity index (χ1) is 17.1. The third-order valence-corrected chi connectivity index (χ3v) is 6.63. The van der Waals surface area contributed by atoms with E-state index in [2.05, 4.69) is 4.90 Å². The van der Waals surface area contributed by atoms with Gasteiger partial charge < -0.3 is 19.1 Å². The number of carbonyl (C=O) groups is 1. The van der Waals surface area contributed by atoms with Crippen molar-refractivity contribution >= 4 is 45.0 Å². The summed E-state index contributed by atoms with van der Waals surface area (Å²) in [6.07, 6.45) is 0.826. The van der Waals surface area contributed by atoms with Gasteiger partial charge in [0.1, 0.15) is 24.7 Å². The largest absolute Gasteiger partial charge is 0.486 e. The van der Waals surface area contributed by atoms with Crippen molar-refractivity contribution in [1.82, 2.24) is 9.88 Å². The molecule has 0 N–H and O–H groups in total. The average Bonchev–Trinajstić information content (AvgIpc) is 3.28. The molecule has 0 fully saturated rings. The Morgan fingerprint density at radius 1 is 0.944 bits per heavy atom. The van der Waals surface area contributed by atoms with Crippen molar-refractivity contribution in [1.29, 1.82) is 0 Å². The van der Waals surface area contributed by atoms with Crippen molar-refractivity contribution in [2.75, 3.05) is 45.3 Å². The van der Waals surface area contributed by atoms with Crippen LogP contribution in [0.1, 0.15) is 16.8 Å². The highest BCUT2D eigenvalue weighted by Crippen LogP contribution is 2.39. The maximum absolute atomic E-state index is 13.6. The van der Waals surface area contributed by atoms with Crippen LogP contribution in [0.4, 0.5) is 5.13 Å². The molecule has 7 nitrogen and oxygen atoms in total. The van der Waals surface area contributed by atoms with Gasteiger partial charge in [-0.15, -0.1) is 12.4 Å². The second-order valence-electron chi connectivity index (χ2n) is 8.51. The normalized spacial score (nSPS) is 12.3. The standard InChI is InChI=1S/C27H27N3O4S.ClH/c1-29(2)13-6-14-30(27-28-22-17-23-24(18-25(22)35-27)33-16-15-32-23)26(31)19-9-11-21(12-10-19)34-20-7-4-3-5-8-20;/h3-5,7-12,17-18H,6,13-16H2,1-2H3;1H. The summed E-state index contributed by atoms with van der Waals surface area (Å²) >= 11 is 1.49. The summed E-state index contributed by atoms with van der Waals surface area (Å²) in [7, 11) is 4.06. The Hall–Kier alpha value is -3.33. The number of thiazole rings is 1. The zero-order valence-electron chi connectivity index (χ0n) is 20.2. The third kappa shape index (κ3) is 5.90. The van der Waals surface area contributed by atoms with E-state index in [4.69, 9.17) is 19.2 Å². The number of ether oxygens (including phenoxy) is 3. The fraction of sp³-hybridized carbons (Fsp3) is 0.259. The maximum Gasteiger partial charge on any atom is 0.260 e. The van der Waals surface area contributed by atoms with E-state index in [-0.39, 0.29) is 18.3 Å². The molecule has 2 heterocycles. The number of para-hydroxylation sites is 1. The van der Waals surface area contributed by atoms with Crippen LogP contribution in [-0.2, 0) is 0 Å². The molecule has 0 aliphatic carbocycles. The van der Waals surface area contributed by atoms with E-state index in [9.17, 15) is 4.79 Å². The molecular formula is C27H28ClN3O4S. The SMILES string of the molecule is CN(C)CCCN(C(=O)c1ccc(Oc2ccccc2)cc1)c1nc2cc3c(cc2s1)OCCO3.Cl. The highest BCUT2D eigenvalue weighted by Gasteiger charge is 2.23. The highest BCUT2D eigenvalue weighted by molar-refractivity contribution is 7.22. The Labute approximate surface area is 220 Å². The van der Waals surface area contributed by atoms with Crippen molar-refractivity contribution in [3.05, 3.63) is 72.3 Å². The van der Waals surface area contributed by atoms with Crippen LogP contribution in [-0.4, -0.2) is 56.2 Å². The predicted octanol–water partition coefficient (Wildman–Crippen LogP) is 5.88. The van der Waals surface area contributed by atoms with Gasteiger partial charge in [0.25, 0.3) is 5.91 Å². The molecule has 0 saturated heterocycles. The maximum atomic E-state index is 13.6. The van der Waals surface area contributed by atoms with E-state index in [1.54, 1.807) is 17.0 Å². The third-order valence-electron chi connectivity index (χ3n) is 5.58. The molecule has 9 heteroatoms. The topological polar surface area (TPSA) is 64.1 Å². The predicted molar refractivity (Wildman–Crippen MR) is 146 cm³/mol. The summed E-state index contributed by atoms with van der Waals surface area (Å²) < 4.78 is 18.3. The van der Waals surface area contributed by atoms with E-state index in [0.717, 1.165) is 34.7 Å². The summed E-state index contributed by atoms with van der Waals surface area (Å²) in [4.78, 5) is 22.3. The molecule has 1 aliphatic heterocycles. The summed E-state index contributed by atoms with van der Waals surface area (Å²) in [5.74, 6) is 2.75. The van der Waals surface area contributed by atoms with Gasteiger partial charge in [-0.2, -0.15) is 0 Å². The van der Waals surface area contributed by atoms with Gasteiger partial charge in [-0.3, -0.25) is 9.69 Å². The van der Waals surface area contributed by atoms with Crippen molar-refractivity contribution < 1.29 is 19.0 Å². The van der Waals surface area contributed by atoms with E-state index in [1.165, 1.54) is 11.3 Å². The first-order valence-electron chi connectivity index (χ1n) is 11.6. The van der Waals surface area contributed by atoms with Crippen LogP contribution in [0.15, 0.2) is 66.7 Å². The molecule has 1 aliphatic rings. The summed E-state index contributed by atoms with van der Waals surface area (Å²) in [5, 5.41) is 0.663. The number of rotatable bonds is 8. The molecule has 0 unspecified atom stereocenters. The number of benzene rings is 3. The monoisotopic (exact) mass is 525 g/mol. The van der Waals surface area contributed by atoms with E-state index in [1.807, 2.05) is 68.7 Å². The summed E-state index contributed by atoms with van der Waals surface area (Å²) in [6.45, 7) is 2.48. The van der Waals surface area contributed by atoms with Gasteiger partial charge in [0.2, 0.25) is 0 Å². The van der Waals surface area contributed by atoms with Gasteiger partial charge in [0.15, 0.2) is 16.6 Å². The first kappa shape index (κ1) is 25.8. The molecule has 0 radical (unpaired) electrons. The molecule has 188 valence electrons. The minimum atomic E-state index is -0.0914. The Kier molecular flexibility index (Phi) is 8.30. The van der Waals surface area contributed by atoms with Crippen molar-refractivity contribution in [2.45, 2.75) is 6.42 Å². The number of hydrogen-bond donors (Lipinski definition) is 0. The Morgan fingerprint density at radius 2 is 1.61 bits per heavy atom. The summed E-state index contributed by atoms with van der Waals surface area (Å²) in [5.41, 5.74) is 1.38. The van der Waals surface area contributed by atoms with Crippen LogP contribution in [0.2, 0.25) is 0 Å². The Bertz CT molecular complexity index is 1270. The first-order valence-corrected chi connectivity index (χ1v) is 12.4. The van der Waals surface area contributed by atoms with Crippen LogP contribution < -0.4 is 19.1 Å². The lowest BCUT2D eigenvalue weighted by atomic mass is 10.2. The van der Waals surface area contributed by atoms with Crippen molar-refractivity contribution in [2.24, 2.45) is 0 Å². The molecule has 0 spiro atoms. The fourth-order valence-electron chi connectivity index (χ4n) is 3.84. The lowest BCUT2D eigenvalue weighted by molar-refractivity contribution is 0.0986. The highest BCUT2D eigenvalue weighted by atomic mass is 35.5. The molecule has 5 rings (SSSR count). The zero-order valence-corrected chi connectivity index (χ0v) is 21.8. The molecule has 0 saturated carbocycles. The number of nitrogens with zero attached hydrogens (tertiary/aromatic N) is 3. The fourth-order valence-corrected chi connectivity index (χ4v) is 4.84. The van der Waals surface area contributed by atoms with Crippen LogP contribution in [0.25, 0.3) is 10.2 Å². The molecule has 36 heavy (non-hydrogen) atoms. The lowest BCUT2D eigenvalue weighted by Crippen LogP contribution is -2.33. The Morgan fingerprint density at radius 3 is 2.31 bits per heavy atom. The Balaban J connectivity index is 0.00000304. The molecule has 0 atom stereocenters. The number of fused-ring (bicyclic) bond motifs is 2. The number of halogens is 1. The van der Waals surface area contributed by atoms with Crippen LogP contribution in [0, 0.1) is 0 Å². The number of aromatic nitrogens is 1. The van der Waals surface area contributed by atoms with E-state index < -0.39 is 0 Å². The molecule has 1 aromatic heterocycles. The second-order valence-corrected chi connectivity index (χ2v) is 9.52. The van der Waals surface area contributed by atoms with Crippen molar-refractivity contribution in [3.8, 4) is 23.0 Å². The lowest BCUT2D eigenvalue weighted by Gasteiger charge is -2.21. The zero-order chi connectivity index (χ0) is 24.2. The van der Waals surface area contributed by atoms with Gasteiger partial charge in [0.05, 0.1) is 10.2 Å². The number of hydrogen-bond acceptors (Lipinski definition) is 7. The van der Waals surface area contributed by atoms with Gasteiger partial charge in [-0.1, -0.05) is 29.5 Å². The van der Waals surface area contributed by atoms with Crippen LogP contribution in [0.3, 0.4) is 0 Å². The minimum absolute atomic E-state index is 0. The van der Waals surface area contributed by atoms with Gasteiger partial charge >= 0.3 is 0 Å². The number of carbonyl (C=O) groups excluding carboxylic acids is 1. The minimum Gasteiger partial charge on any atom is -0.486 e. The molecule has 4 aromatic rings. The number of anilines is 1. The molecule has 3 aromatic carbocycles. The smallest absolute Gasteiger partial charge is 0.260 e. The second kappa shape index (κ2) is 11.6. The van der Waals surface area contributed by atoms with Gasteiger partial charge in [-0.25, -0.2) is 4.98 Å². The average molecular weight is 526 g/mol. The van der Waals surface area contributed by atoms with Crippen LogP contribution in [0.5, 0.6) is 23.0 Å². The van der Waals surface area contributed by atoms with E-state index >= 15 is 0 Å². The van der Waals surface area contributed by atoms with E-state index in [0.29, 0.717) is 42.0 Å². The molecule has 1 amide bonds. The molecule has 0 bridgehead atoms. The quantitative estimate of drug-likeness (QED) is 0.286. The summed E-state index contributed by atoms with van der Waals surface area (Å²) in [6, 6.07) is 20.7.